The molecule has 0 aromatic heterocycles. The number of ether oxygens (including phenoxy) is 1. The van der Waals surface area contributed by atoms with Gasteiger partial charge in [0.1, 0.15) is 0 Å². The van der Waals surface area contributed by atoms with Gasteiger partial charge in [-0.15, -0.1) is 0 Å². The van der Waals surface area contributed by atoms with Crippen molar-refractivity contribution >= 4 is 23.4 Å². The number of hydrogen-bond donors (Lipinski definition) is 0. The van der Waals surface area contributed by atoms with E-state index in [2.05, 4.69) is 19.9 Å². The van der Waals surface area contributed by atoms with Crippen LogP contribution in [0.4, 0.5) is 0 Å². The van der Waals surface area contributed by atoms with Crippen LogP contribution in [0.1, 0.15) is 19.4 Å². The van der Waals surface area contributed by atoms with Gasteiger partial charge >= 0.3 is 0 Å². The van der Waals surface area contributed by atoms with E-state index in [0.717, 1.165) is 23.1 Å². The van der Waals surface area contributed by atoms with Gasteiger partial charge in [-0.2, -0.15) is 11.8 Å². The first-order chi connectivity index (χ1) is 7.20. The van der Waals surface area contributed by atoms with Gasteiger partial charge in [0.2, 0.25) is 0 Å². The van der Waals surface area contributed by atoms with E-state index in [1.807, 2.05) is 30.0 Å². The van der Waals surface area contributed by atoms with Crippen LogP contribution >= 0.6 is 23.4 Å². The average molecular weight is 245 g/mol. The summed E-state index contributed by atoms with van der Waals surface area (Å²) in [4.78, 5) is 0. The number of rotatable bonds is 6. The highest BCUT2D eigenvalue weighted by Crippen LogP contribution is 2.20. The molecule has 1 aromatic rings. The van der Waals surface area contributed by atoms with Crippen molar-refractivity contribution in [2.45, 2.75) is 25.7 Å². The van der Waals surface area contributed by atoms with Crippen LogP contribution in [-0.2, 0) is 10.5 Å². The Kier molecular flexibility index (Phi) is 6.15. The van der Waals surface area contributed by atoms with Crippen LogP contribution in [0.2, 0.25) is 5.02 Å². The number of hydrogen-bond acceptors (Lipinski definition) is 2. The molecular weight excluding hydrogens is 228 g/mol. The van der Waals surface area contributed by atoms with Crippen LogP contribution in [0.3, 0.4) is 0 Å². The molecule has 3 heteroatoms. The Morgan fingerprint density at radius 2 is 2.07 bits per heavy atom. The summed E-state index contributed by atoms with van der Waals surface area (Å²) in [5.41, 5.74) is 1.20. The molecule has 0 aliphatic carbocycles. The summed E-state index contributed by atoms with van der Waals surface area (Å²) in [7, 11) is 0. The molecule has 0 aliphatic rings. The molecule has 1 rings (SSSR count). The van der Waals surface area contributed by atoms with Crippen LogP contribution in [0.25, 0.3) is 0 Å². The van der Waals surface area contributed by atoms with Gasteiger partial charge < -0.3 is 4.74 Å². The van der Waals surface area contributed by atoms with Crippen LogP contribution in [0, 0.1) is 0 Å². The van der Waals surface area contributed by atoms with E-state index in [4.69, 9.17) is 16.3 Å². The maximum absolute atomic E-state index is 6.04. The van der Waals surface area contributed by atoms with Crippen LogP contribution in [0.5, 0.6) is 0 Å². The van der Waals surface area contributed by atoms with Crippen molar-refractivity contribution in [2.24, 2.45) is 0 Å². The van der Waals surface area contributed by atoms with Gasteiger partial charge in [-0.25, -0.2) is 0 Å². The predicted octanol–water partition coefficient (Wildman–Crippen LogP) is 4.00. The molecule has 0 N–H and O–H groups in total. The van der Waals surface area contributed by atoms with E-state index < -0.39 is 0 Å². The second-order valence-electron chi connectivity index (χ2n) is 3.56. The van der Waals surface area contributed by atoms with Crippen molar-refractivity contribution in [3.8, 4) is 0 Å². The standard InChI is InChI=1S/C12H17ClOS/c1-10(2)14-7-8-15-9-11-5-3-4-6-12(11)13/h3-6,10H,7-9H2,1-2H3. The van der Waals surface area contributed by atoms with E-state index in [9.17, 15) is 0 Å². The molecule has 0 heterocycles. The largest absolute Gasteiger partial charge is 0.378 e. The third kappa shape index (κ3) is 5.45. The van der Waals surface area contributed by atoms with E-state index in [1.54, 1.807) is 0 Å². The summed E-state index contributed by atoms with van der Waals surface area (Å²) in [6.45, 7) is 4.92. The third-order valence-electron chi connectivity index (χ3n) is 1.89. The summed E-state index contributed by atoms with van der Waals surface area (Å²) >= 11 is 7.90. The molecule has 0 atom stereocenters. The molecular formula is C12H17ClOS. The zero-order valence-corrected chi connectivity index (χ0v) is 10.8. The molecule has 0 amide bonds. The average Bonchev–Trinajstić information content (AvgIpc) is 2.20. The predicted molar refractivity (Wildman–Crippen MR) is 68.7 cm³/mol. The fourth-order valence-corrected chi connectivity index (χ4v) is 2.25. The van der Waals surface area contributed by atoms with Crippen molar-refractivity contribution in [3.05, 3.63) is 34.9 Å². The highest BCUT2D eigenvalue weighted by Gasteiger charge is 1.99. The zero-order chi connectivity index (χ0) is 11.1. The Labute approximate surface area is 101 Å². The molecule has 0 saturated heterocycles. The van der Waals surface area contributed by atoms with E-state index in [-0.39, 0.29) is 0 Å². The monoisotopic (exact) mass is 244 g/mol. The third-order valence-corrected chi connectivity index (χ3v) is 3.23. The van der Waals surface area contributed by atoms with Crippen molar-refractivity contribution in [3.63, 3.8) is 0 Å². The lowest BCUT2D eigenvalue weighted by Gasteiger charge is -2.07. The minimum Gasteiger partial charge on any atom is -0.378 e. The van der Waals surface area contributed by atoms with E-state index in [1.165, 1.54) is 5.56 Å². The van der Waals surface area contributed by atoms with Crippen molar-refractivity contribution in [2.75, 3.05) is 12.4 Å². The highest BCUT2D eigenvalue weighted by molar-refractivity contribution is 7.98. The van der Waals surface area contributed by atoms with Gasteiger partial charge in [-0.05, 0) is 25.5 Å². The summed E-state index contributed by atoms with van der Waals surface area (Å²) in [5.74, 6) is 1.98. The Hall–Kier alpha value is -0.180. The zero-order valence-electron chi connectivity index (χ0n) is 9.20. The molecule has 1 aromatic carbocycles. The molecule has 15 heavy (non-hydrogen) atoms. The molecule has 0 spiro atoms. The second-order valence-corrected chi connectivity index (χ2v) is 5.08. The molecule has 0 aliphatic heterocycles. The first-order valence-electron chi connectivity index (χ1n) is 5.13. The molecule has 0 fully saturated rings. The summed E-state index contributed by atoms with van der Waals surface area (Å²) in [6.07, 6.45) is 0.325. The quantitative estimate of drug-likeness (QED) is 0.700. The number of benzene rings is 1. The van der Waals surface area contributed by atoms with E-state index in [0.29, 0.717) is 6.10 Å². The molecule has 0 radical (unpaired) electrons. The van der Waals surface area contributed by atoms with Gasteiger partial charge in [0.15, 0.2) is 0 Å². The molecule has 1 nitrogen and oxygen atoms in total. The first-order valence-corrected chi connectivity index (χ1v) is 6.66. The minimum absolute atomic E-state index is 0.325. The lowest BCUT2D eigenvalue weighted by atomic mass is 10.2. The van der Waals surface area contributed by atoms with Gasteiger partial charge in [0.25, 0.3) is 0 Å². The lowest BCUT2D eigenvalue weighted by Crippen LogP contribution is -2.05. The maximum Gasteiger partial charge on any atom is 0.0560 e. The van der Waals surface area contributed by atoms with Crippen molar-refractivity contribution in [1.82, 2.24) is 0 Å². The Balaban J connectivity index is 2.18. The van der Waals surface area contributed by atoms with E-state index >= 15 is 0 Å². The van der Waals surface area contributed by atoms with Crippen molar-refractivity contribution < 1.29 is 4.74 Å². The summed E-state index contributed by atoms with van der Waals surface area (Å²) in [5, 5.41) is 0.856. The lowest BCUT2D eigenvalue weighted by molar-refractivity contribution is 0.0920. The Bertz CT molecular complexity index is 289. The minimum atomic E-state index is 0.325. The topological polar surface area (TPSA) is 9.23 Å². The van der Waals surface area contributed by atoms with Gasteiger partial charge in [-0.3, -0.25) is 0 Å². The maximum atomic E-state index is 6.04. The van der Waals surface area contributed by atoms with Gasteiger partial charge in [0.05, 0.1) is 12.7 Å². The van der Waals surface area contributed by atoms with Crippen LogP contribution in [-0.4, -0.2) is 18.5 Å². The normalized spacial score (nSPS) is 10.9. The summed E-state index contributed by atoms with van der Waals surface area (Å²) < 4.78 is 5.46. The Morgan fingerprint density at radius 3 is 2.73 bits per heavy atom. The van der Waals surface area contributed by atoms with Gasteiger partial charge in [0, 0.05) is 16.5 Å². The number of thioether (sulfide) groups is 1. The van der Waals surface area contributed by atoms with Crippen LogP contribution in [0.15, 0.2) is 24.3 Å². The van der Waals surface area contributed by atoms with Gasteiger partial charge in [-0.1, -0.05) is 29.8 Å². The van der Waals surface area contributed by atoms with Crippen LogP contribution < -0.4 is 0 Å². The van der Waals surface area contributed by atoms with Crippen molar-refractivity contribution in [1.29, 1.82) is 0 Å². The fourth-order valence-electron chi connectivity index (χ4n) is 1.14. The SMILES string of the molecule is CC(C)OCCSCc1ccccc1Cl. The summed E-state index contributed by atoms with van der Waals surface area (Å²) in [6, 6.07) is 7.98. The second kappa shape index (κ2) is 7.15. The molecule has 0 saturated carbocycles. The molecule has 0 unspecified atom stereocenters. The first kappa shape index (κ1) is 12.9. The number of halogens is 1. The highest BCUT2D eigenvalue weighted by atomic mass is 35.5. The Morgan fingerprint density at radius 1 is 1.33 bits per heavy atom. The smallest absolute Gasteiger partial charge is 0.0560 e. The molecule has 0 bridgehead atoms. The fraction of sp³-hybridized carbons (Fsp3) is 0.500. The molecule has 84 valence electrons.